The first-order chi connectivity index (χ1) is 9.70. The van der Waals surface area contributed by atoms with Gasteiger partial charge in [-0.15, -0.1) is 0 Å². The molecule has 1 heterocycles. The van der Waals surface area contributed by atoms with Gasteiger partial charge in [0.05, 0.1) is 0 Å². The Morgan fingerprint density at radius 2 is 2.10 bits per heavy atom. The van der Waals surface area contributed by atoms with Crippen molar-refractivity contribution in [3.8, 4) is 0 Å². The lowest BCUT2D eigenvalue weighted by Gasteiger charge is -2.39. The van der Waals surface area contributed by atoms with Crippen LogP contribution in [-0.2, 0) is 0 Å². The van der Waals surface area contributed by atoms with E-state index in [1.807, 2.05) is 13.0 Å². The predicted molar refractivity (Wildman–Crippen MR) is 81.4 cm³/mol. The molecule has 1 aliphatic heterocycles. The zero-order valence-corrected chi connectivity index (χ0v) is 12.0. The van der Waals surface area contributed by atoms with Gasteiger partial charge in [0.2, 0.25) is 0 Å². The number of amidine groups is 1. The summed E-state index contributed by atoms with van der Waals surface area (Å²) in [5.74, 6) is 1.07. The van der Waals surface area contributed by atoms with Crippen LogP contribution in [0.5, 0.6) is 0 Å². The number of hydrogen-bond acceptors (Lipinski definition) is 3. The number of piperidine rings is 1. The average molecular weight is 273 g/mol. The molecule has 0 amide bonds. The Labute approximate surface area is 120 Å². The van der Waals surface area contributed by atoms with E-state index in [0.29, 0.717) is 0 Å². The summed E-state index contributed by atoms with van der Waals surface area (Å²) in [4.78, 5) is 2.57. The molecule has 0 spiro atoms. The van der Waals surface area contributed by atoms with E-state index in [4.69, 9.17) is 10.9 Å². The largest absolute Gasteiger partial charge is 0.409 e. The summed E-state index contributed by atoms with van der Waals surface area (Å²) in [5, 5.41) is 11.9. The van der Waals surface area contributed by atoms with Gasteiger partial charge in [0.15, 0.2) is 5.84 Å². The van der Waals surface area contributed by atoms with Crippen LogP contribution in [0.3, 0.4) is 0 Å². The first-order valence-corrected chi connectivity index (χ1v) is 7.56. The standard InChI is InChI=1S/C16H23N3O/c1-11-10-13(7-8-14(11)16(17)18-20)19-9-3-5-12-4-2-6-15(12)19/h7-8,10,12,15,20H,2-6,9H2,1H3,(H2,17,18). The van der Waals surface area contributed by atoms with E-state index < -0.39 is 0 Å². The molecule has 4 heteroatoms. The molecular weight excluding hydrogens is 250 g/mol. The van der Waals surface area contributed by atoms with Gasteiger partial charge in [-0.25, -0.2) is 0 Å². The number of benzene rings is 1. The van der Waals surface area contributed by atoms with Gasteiger partial charge in [-0.2, -0.15) is 0 Å². The number of aryl methyl sites for hydroxylation is 1. The summed E-state index contributed by atoms with van der Waals surface area (Å²) in [6.45, 7) is 3.18. The van der Waals surface area contributed by atoms with E-state index >= 15 is 0 Å². The highest BCUT2D eigenvalue weighted by atomic mass is 16.4. The molecule has 2 aliphatic rings. The van der Waals surface area contributed by atoms with E-state index in [2.05, 4.69) is 22.2 Å². The highest BCUT2D eigenvalue weighted by Gasteiger charge is 2.35. The fraction of sp³-hybridized carbons (Fsp3) is 0.562. The SMILES string of the molecule is Cc1cc(N2CCCC3CCCC32)ccc1/C(N)=N/O. The Hall–Kier alpha value is -1.71. The molecule has 108 valence electrons. The van der Waals surface area contributed by atoms with Crippen LogP contribution in [-0.4, -0.2) is 23.6 Å². The number of anilines is 1. The zero-order chi connectivity index (χ0) is 14.1. The van der Waals surface area contributed by atoms with Gasteiger partial charge < -0.3 is 15.8 Å². The van der Waals surface area contributed by atoms with E-state index in [-0.39, 0.29) is 5.84 Å². The molecule has 1 aliphatic carbocycles. The topological polar surface area (TPSA) is 61.8 Å². The summed E-state index contributed by atoms with van der Waals surface area (Å²) in [6.07, 6.45) is 6.77. The number of nitrogens with two attached hydrogens (primary N) is 1. The van der Waals surface area contributed by atoms with Gasteiger partial charge in [-0.1, -0.05) is 11.6 Å². The number of hydrogen-bond donors (Lipinski definition) is 2. The van der Waals surface area contributed by atoms with Crippen molar-refractivity contribution in [2.24, 2.45) is 16.8 Å². The van der Waals surface area contributed by atoms with Crippen molar-refractivity contribution in [1.82, 2.24) is 0 Å². The Morgan fingerprint density at radius 3 is 2.85 bits per heavy atom. The molecule has 3 rings (SSSR count). The summed E-state index contributed by atoms with van der Waals surface area (Å²) in [7, 11) is 0. The highest BCUT2D eigenvalue weighted by molar-refractivity contribution is 5.98. The van der Waals surface area contributed by atoms with Crippen molar-refractivity contribution in [1.29, 1.82) is 0 Å². The second kappa shape index (κ2) is 5.35. The molecule has 4 nitrogen and oxygen atoms in total. The van der Waals surface area contributed by atoms with Crippen LogP contribution in [0.25, 0.3) is 0 Å². The van der Waals surface area contributed by atoms with Gasteiger partial charge in [-0.05, 0) is 62.3 Å². The Morgan fingerprint density at radius 1 is 1.30 bits per heavy atom. The smallest absolute Gasteiger partial charge is 0.170 e. The highest BCUT2D eigenvalue weighted by Crippen LogP contribution is 2.39. The molecule has 1 saturated heterocycles. The molecular formula is C16H23N3O. The average Bonchev–Trinajstić information content (AvgIpc) is 2.94. The van der Waals surface area contributed by atoms with Gasteiger partial charge in [0, 0.05) is 23.8 Å². The van der Waals surface area contributed by atoms with Crippen LogP contribution in [0, 0.1) is 12.8 Å². The van der Waals surface area contributed by atoms with Crippen LogP contribution < -0.4 is 10.6 Å². The number of fused-ring (bicyclic) bond motifs is 1. The normalized spacial score (nSPS) is 26.6. The molecule has 1 aromatic carbocycles. The lowest BCUT2D eigenvalue weighted by atomic mass is 9.91. The summed E-state index contributed by atoms with van der Waals surface area (Å²) >= 11 is 0. The maximum Gasteiger partial charge on any atom is 0.170 e. The van der Waals surface area contributed by atoms with Crippen LogP contribution in [0.2, 0.25) is 0 Å². The zero-order valence-electron chi connectivity index (χ0n) is 12.0. The molecule has 20 heavy (non-hydrogen) atoms. The van der Waals surface area contributed by atoms with Crippen molar-refractivity contribution in [2.75, 3.05) is 11.4 Å². The molecule has 1 saturated carbocycles. The fourth-order valence-corrected chi connectivity index (χ4v) is 3.94. The van der Waals surface area contributed by atoms with Gasteiger partial charge >= 0.3 is 0 Å². The second-order valence-corrected chi connectivity index (χ2v) is 6.08. The Kier molecular flexibility index (Phi) is 3.55. The third kappa shape index (κ3) is 2.23. The lowest BCUT2D eigenvalue weighted by Crippen LogP contribution is -2.42. The molecule has 0 bridgehead atoms. The molecule has 0 aromatic heterocycles. The van der Waals surface area contributed by atoms with E-state index in [1.165, 1.54) is 37.8 Å². The minimum absolute atomic E-state index is 0.187. The van der Waals surface area contributed by atoms with E-state index in [9.17, 15) is 0 Å². The molecule has 2 unspecified atom stereocenters. The summed E-state index contributed by atoms with van der Waals surface area (Å²) in [5.41, 5.74) is 8.86. The first kappa shape index (κ1) is 13.3. The molecule has 0 radical (unpaired) electrons. The van der Waals surface area contributed by atoms with Crippen LogP contribution in [0.1, 0.15) is 43.2 Å². The minimum atomic E-state index is 0.187. The van der Waals surface area contributed by atoms with Crippen molar-refractivity contribution in [2.45, 2.75) is 45.1 Å². The minimum Gasteiger partial charge on any atom is -0.409 e. The first-order valence-electron chi connectivity index (χ1n) is 7.56. The summed E-state index contributed by atoms with van der Waals surface area (Å²) in [6, 6.07) is 6.98. The predicted octanol–water partition coefficient (Wildman–Crippen LogP) is 2.86. The number of oxime groups is 1. The van der Waals surface area contributed by atoms with Crippen LogP contribution >= 0.6 is 0 Å². The van der Waals surface area contributed by atoms with Crippen LogP contribution in [0.4, 0.5) is 5.69 Å². The quantitative estimate of drug-likeness (QED) is 0.377. The molecule has 2 fully saturated rings. The Bertz CT molecular complexity index is 526. The summed E-state index contributed by atoms with van der Waals surface area (Å²) < 4.78 is 0. The van der Waals surface area contributed by atoms with E-state index in [1.54, 1.807) is 0 Å². The van der Waals surface area contributed by atoms with Gasteiger partial charge in [-0.3, -0.25) is 0 Å². The maximum absolute atomic E-state index is 8.81. The van der Waals surface area contributed by atoms with E-state index in [0.717, 1.165) is 29.6 Å². The molecule has 2 atom stereocenters. The van der Waals surface area contributed by atoms with Gasteiger partial charge in [0.25, 0.3) is 0 Å². The van der Waals surface area contributed by atoms with Crippen molar-refractivity contribution < 1.29 is 5.21 Å². The fourth-order valence-electron chi connectivity index (χ4n) is 3.94. The monoisotopic (exact) mass is 273 g/mol. The third-order valence-corrected chi connectivity index (χ3v) is 4.92. The lowest BCUT2D eigenvalue weighted by molar-refractivity contribution is 0.318. The Balaban J connectivity index is 1.88. The second-order valence-electron chi connectivity index (χ2n) is 6.08. The third-order valence-electron chi connectivity index (χ3n) is 4.92. The number of rotatable bonds is 2. The maximum atomic E-state index is 8.81. The van der Waals surface area contributed by atoms with Crippen molar-refractivity contribution >= 4 is 11.5 Å². The number of nitrogens with zero attached hydrogens (tertiary/aromatic N) is 2. The van der Waals surface area contributed by atoms with Crippen LogP contribution in [0.15, 0.2) is 23.4 Å². The molecule has 1 aromatic rings. The molecule has 3 N–H and O–H groups in total. The van der Waals surface area contributed by atoms with Crippen molar-refractivity contribution in [3.05, 3.63) is 29.3 Å². The van der Waals surface area contributed by atoms with Crippen molar-refractivity contribution in [3.63, 3.8) is 0 Å². The van der Waals surface area contributed by atoms with Gasteiger partial charge in [0.1, 0.15) is 0 Å².